The van der Waals surface area contributed by atoms with E-state index in [-0.39, 0.29) is 24.5 Å². The smallest absolute Gasteiger partial charge is 0.322 e. The van der Waals surface area contributed by atoms with Gasteiger partial charge in [0, 0.05) is 30.7 Å². The molecule has 7 heteroatoms. The summed E-state index contributed by atoms with van der Waals surface area (Å²) in [4.78, 5) is 29.7. The van der Waals surface area contributed by atoms with Crippen LogP contribution in [0.2, 0.25) is 0 Å². The molecule has 0 fully saturated rings. The average molecular weight is 437 g/mol. The number of nitrogens with one attached hydrogen (secondary N) is 1. The lowest BCUT2D eigenvalue weighted by atomic mass is 10.1. The molecule has 0 atom stereocenters. The van der Waals surface area contributed by atoms with Crippen molar-refractivity contribution in [1.29, 1.82) is 0 Å². The van der Waals surface area contributed by atoms with Crippen molar-refractivity contribution in [1.82, 2.24) is 14.4 Å². The molecule has 0 spiro atoms. The van der Waals surface area contributed by atoms with E-state index in [9.17, 15) is 9.59 Å². The van der Waals surface area contributed by atoms with Gasteiger partial charge in [0.05, 0.1) is 19.4 Å². The van der Waals surface area contributed by atoms with Crippen molar-refractivity contribution in [2.24, 2.45) is 7.05 Å². The summed E-state index contributed by atoms with van der Waals surface area (Å²) >= 11 is 0. The van der Waals surface area contributed by atoms with Gasteiger partial charge in [-0.05, 0) is 63.6 Å². The summed E-state index contributed by atoms with van der Waals surface area (Å²) in [7, 11) is 1.95. The van der Waals surface area contributed by atoms with Crippen LogP contribution in [0.1, 0.15) is 36.4 Å². The fourth-order valence-electron chi connectivity index (χ4n) is 3.55. The predicted octanol–water partition coefficient (Wildman–Crippen LogP) is 4.71. The normalized spacial score (nSPS) is 10.9. The molecule has 0 saturated heterocycles. The number of carbonyl (C=O) groups excluding carboxylic acids is 2. The summed E-state index contributed by atoms with van der Waals surface area (Å²) in [6.45, 7) is 8.51. The molecule has 0 saturated carbocycles. The Morgan fingerprint density at radius 2 is 1.88 bits per heavy atom. The van der Waals surface area contributed by atoms with Crippen molar-refractivity contribution in [3.63, 3.8) is 0 Å². The van der Waals surface area contributed by atoms with Crippen LogP contribution in [0.3, 0.4) is 0 Å². The number of aryl methyl sites for hydroxylation is 3. The standard InChI is InChI=1S/C25H32N4O3/c1-18(2)29(25(31)26-23-11-10-19(3)14-20(23)4)17-24(30)28(16-22-9-7-13-32-22)15-21-8-6-12-27(21)5/h6-14,18H,15-17H2,1-5H3,(H,26,31). The Kier molecular flexibility index (Phi) is 7.41. The molecule has 3 aromatic rings. The van der Waals surface area contributed by atoms with Gasteiger partial charge in [0.1, 0.15) is 12.3 Å². The Balaban J connectivity index is 1.76. The first kappa shape index (κ1) is 23.2. The number of rotatable bonds is 8. The molecule has 170 valence electrons. The second-order valence-electron chi connectivity index (χ2n) is 8.41. The fraction of sp³-hybridized carbons (Fsp3) is 0.360. The number of carbonyl (C=O) groups is 2. The Bertz CT molecular complexity index is 1050. The molecule has 0 aliphatic rings. The Morgan fingerprint density at radius 3 is 2.47 bits per heavy atom. The number of aromatic nitrogens is 1. The molecule has 1 aromatic carbocycles. The molecule has 2 heterocycles. The molecular formula is C25H32N4O3. The number of furan rings is 1. The number of amides is 3. The number of nitrogens with zero attached hydrogens (tertiary/aromatic N) is 3. The maximum absolute atomic E-state index is 13.3. The van der Waals surface area contributed by atoms with Crippen LogP contribution in [0, 0.1) is 13.8 Å². The van der Waals surface area contributed by atoms with Crippen LogP contribution in [-0.4, -0.2) is 38.9 Å². The lowest BCUT2D eigenvalue weighted by molar-refractivity contribution is -0.133. The summed E-state index contributed by atoms with van der Waals surface area (Å²) < 4.78 is 7.45. The van der Waals surface area contributed by atoms with Crippen molar-refractivity contribution in [2.75, 3.05) is 11.9 Å². The molecule has 1 N–H and O–H groups in total. The SMILES string of the molecule is Cc1ccc(NC(=O)N(CC(=O)N(Cc2ccco2)Cc2cccn2C)C(C)C)c(C)c1. The monoisotopic (exact) mass is 436 g/mol. The molecule has 3 amide bonds. The van der Waals surface area contributed by atoms with E-state index < -0.39 is 0 Å². The van der Waals surface area contributed by atoms with E-state index in [0.717, 1.165) is 22.5 Å². The number of anilines is 1. The van der Waals surface area contributed by atoms with E-state index >= 15 is 0 Å². The minimum atomic E-state index is -0.294. The molecule has 7 nitrogen and oxygen atoms in total. The quantitative estimate of drug-likeness (QED) is 0.556. The fourth-order valence-corrected chi connectivity index (χ4v) is 3.55. The van der Waals surface area contributed by atoms with Crippen molar-refractivity contribution < 1.29 is 14.0 Å². The Labute approximate surface area is 189 Å². The van der Waals surface area contributed by atoms with Crippen LogP contribution in [0.5, 0.6) is 0 Å². The van der Waals surface area contributed by atoms with Gasteiger partial charge < -0.3 is 24.1 Å². The van der Waals surface area contributed by atoms with Gasteiger partial charge in [0.15, 0.2) is 0 Å². The lowest BCUT2D eigenvalue weighted by Crippen LogP contribution is -2.47. The topological polar surface area (TPSA) is 70.7 Å². The highest BCUT2D eigenvalue weighted by atomic mass is 16.3. The second-order valence-corrected chi connectivity index (χ2v) is 8.41. The Hall–Kier alpha value is -3.48. The maximum Gasteiger partial charge on any atom is 0.322 e. The van der Waals surface area contributed by atoms with Gasteiger partial charge in [0.2, 0.25) is 5.91 Å². The molecule has 0 aliphatic carbocycles. The van der Waals surface area contributed by atoms with Crippen LogP contribution in [0.15, 0.2) is 59.3 Å². The van der Waals surface area contributed by atoms with Crippen molar-refractivity contribution in [2.45, 2.75) is 46.8 Å². The van der Waals surface area contributed by atoms with E-state index in [1.807, 2.05) is 81.9 Å². The van der Waals surface area contributed by atoms with E-state index in [0.29, 0.717) is 18.8 Å². The molecule has 32 heavy (non-hydrogen) atoms. The van der Waals surface area contributed by atoms with Gasteiger partial charge in [-0.15, -0.1) is 0 Å². The first-order chi connectivity index (χ1) is 15.2. The highest BCUT2D eigenvalue weighted by molar-refractivity contribution is 5.93. The third-order valence-electron chi connectivity index (χ3n) is 5.50. The third-order valence-corrected chi connectivity index (χ3v) is 5.50. The van der Waals surface area contributed by atoms with Crippen LogP contribution in [0.25, 0.3) is 0 Å². The summed E-state index contributed by atoms with van der Waals surface area (Å²) in [5.41, 5.74) is 3.86. The molecule has 0 bridgehead atoms. The van der Waals surface area contributed by atoms with Gasteiger partial charge >= 0.3 is 6.03 Å². The maximum atomic E-state index is 13.3. The Morgan fingerprint density at radius 1 is 1.09 bits per heavy atom. The minimum absolute atomic E-state index is 0.0282. The first-order valence-corrected chi connectivity index (χ1v) is 10.8. The van der Waals surface area contributed by atoms with Gasteiger partial charge in [0.25, 0.3) is 0 Å². The van der Waals surface area contributed by atoms with Crippen LogP contribution >= 0.6 is 0 Å². The van der Waals surface area contributed by atoms with Gasteiger partial charge in [-0.1, -0.05) is 17.7 Å². The van der Waals surface area contributed by atoms with Gasteiger partial charge in [-0.25, -0.2) is 4.79 Å². The summed E-state index contributed by atoms with van der Waals surface area (Å²) in [5, 5.41) is 2.96. The summed E-state index contributed by atoms with van der Waals surface area (Å²) in [6.07, 6.45) is 3.54. The summed E-state index contributed by atoms with van der Waals surface area (Å²) in [6, 6.07) is 13.0. The van der Waals surface area contributed by atoms with E-state index in [1.165, 1.54) is 0 Å². The largest absolute Gasteiger partial charge is 0.467 e. The lowest BCUT2D eigenvalue weighted by Gasteiger charge is -2.30. The highest BCUT2D eigenvalue weighted by Crippen LogP contribution is 2.18. The average Bonchev–Trinajstić information content (AvgIpc) is 3.39. The zero-order valence-corrected chi connectivity index (χ0v) is 19.5. The second kappa shape index (κ2) is 10.2. The number of hydrogen-bond donors (Lipinski definition) is 1. The van der Waals surface area contributed by atoms with Gasteiger partial charge in [-0.3, -0.25) is 4.79 Å². The predicted molar refractivity (Wildman–Crippen MR) is 125 cm³/mol. The third kappa shape index (κ3) is 5.81. The van der Waals surface area contributed by atoms with Gasteiger partial charge in [-0.2, -0.15) is 0 Å². The van der Waals surface area contributed by atoms with Crippen molar-refractivity contribution in [3.05, 3.63) is 77.5 Å². The van der Waals surface area contributed by atoms with Crippen molar-refractivity contribution in [3.8, 4) is 0 Å². The summed E-state index contributed by atoms with van der Waals surface area (Å²) in [5.74, 6) is 0.551. The zero-order chi connectivity index (χ0) is 23.3. The van der Waals surface area contributed by atoms with Crippen LogP contribution in [-0.2, 0) is 24.9 Å². The zero-order valence-electron chi connectivity index (χ0n) is 19.5. The molecule has 2 aromatic heterocycles. The molecule has 3 rings (SSSR count). The van der Waals surface area contributed by atoms with Crippen LogP contribution in [0.4, 0.5) is 10.5 Å². The van der Waals surface area contributed by atoms with E-state index in [1.54, 1.807) is 22.1 Å². The molecular weight excluding hydrogens is 404 g/mol. The first-order valence-electron chi connectivity index (χ1n) is 10.8. The van der Waals surface area contributed by atoms with Crippen molar-refractivity contribution >= 4 is 17.6 Å². The number of benzene rings is 1. The van der Waals surface area contributed by atoms with Crippen LogP contribution < -0.4 is 5.32 Å². The number of hydrogen-bond acceptors (Lipinski definition) is 3. The number of urea groups is 1. The van der Waals surface area contributed by atoms with E-state index in [4.69, 9.17) is 4.42 Å². The molecule has 0 unspecified atom stereocenters. The highest BCUT2D eigenvalue weighted by Gasteiger charge is 2.25. The molecule has 0 radical (unpaired) electrons. The minimum Gasteiger partial charge on any atom is -0.467 e. The van der Waals surface area contributed by atoms with E-state index in [2.05, 4.69) is 5.32 Å². The molecule has 0 aliphatic heterocycles.